The van der Waals surface area contributed by atoms with Crippen LogP contribution in [0, 0.1) is 0 Å². The Hall–Kier alpha value is -2.56. The molecule has 0 saturated carbocycles. The van der Waals surface area contributed by atoms with Crippen LogP contribution in [0.1, 0.15) is 11.3 Å². The first kappa shape index (κ1) is 12.5. The number of para-hydroxylation sites is 1. The van der Waals surface area contributed by atoms with E-state index in [0.717, 1.165) is 22.9 Å². The molecule has 1 aromatic heterocycles. The fraction of sp³-hybridized carbons (Fsp3) is 0.200. The van der Waals surface area contributed by atoms with Gasteiger partial charge in [-0.2, -0.15) is 0 Å². The topological polar surface area (TPSA) is 71.2 Å². The van der Waals surface area contributed by atoms with Gasteiger partial charge in [0.25, 0.3) is 5.91 Å². The van der Waals surface area contributed by atoms with Crippen molar-refractivity contribution < 1.29 is 14.3 Å². The van der Waals surface area contributed by atoms with E-state index in [1.54, 1.807) is 0 Å². The molecule has 102 valence electrons. The highest BCUT2D eigenvalue weighted by atomic mass is 16.5. The summed E-state index contributed by atoms with van der Waals surface area (Å²) in [5.74, 6) is -0.803. The van der Waals surface area contributed by atoms with E-state index in [0.29, 0.717) is 17.8 Å². The number of rotatable bonds is 1. The number of hydrogen-bond acceptors (Lipinski definition) is 3. The normalized spacial score (nSPS) is 16.6. The zero-order valence-corrected chi connectivity index (χ0v) is 11.0. The molecule has 0 bridgehead atoms. The van der Waals surface area contributed by atoms with Crippen LogP contribution in [0.5, 0.6) is 0 Å². The SMILES string of the molecule is COC(=O)C=C1C(=O)NCCc2c1[nH]c1ccccc21. The van der Waals surface area contributed by atoms with Crippen LogP contribution in [-0.4, -0.2) is 30.5 Å². The summed E-state index contributed by atoms with van der Waals surface area (Å²) in [5.41, 5.74) is 3.03. The molecular weight excluding hydrogens is 256 g/mol. The Morgan fingerprint density at radius 3 is 2.95 bits per heavy atom. The summed E-state index contributed by atoms with van der Waals surface area (Å²) in [6.07, 6.45) is 1.96. The lowest BCUT2D eigenvalue weighted by molar-refractivity contribution is -0.135. The van der Waals surface area contributed by atoms with Crippen LogP contribution in [0.4, 0.5) is 0 Å². The standard InChI is InChI=1S/C15H14N2O3/c1-20-13(18)8-11-14-10(6-7-16-15(11)19)9-4-2-3-5-12(9)17-14/h2-5,8,17H,6-7H2,1H3,(H,16,19). The largest absolute Gasteiger partial charge is 0.466 e. The number of aromatic nitrogens is 1. The molecule has 1 aromatic carbocycles. The van der Waals surface area contributed by atoms with Crippen molar-refractivity contribution in [1.29, 1.82) is 0 Å². The van der Waals surface area contributed by atoms with Gasteiger partial charge in [-0.05, 0) is 18.1 Å². The van der Waals surface area contributed by atoms with Gasteiger partial charge in [0.1, 0.15) is 0 Å². The summed E-state index contributed by atoms with van der Waals surface area (Å²) < 4.78 is 4.62. The number of methoxy groups -OCH3 is 1. The van der Waals surface area contributed by atoms with Crippen molar-refractivity contribution in [3.8, 4) is 0 Å². The number of benzene rings is 1. The fourth-order valence-electron chi connectivity index (χ4n) is 2.51. The molecule has 5 nitrogen and oxygen atoms in total. The van der Waals surface area contributed by atoms with Gasteiger partial charge in [0, 0.05) is 23.5 Å². The van der Waals surface area contributed by atoms with Gasteiger partial charge in [0.05, 0.1) is 18.4 Å². The van der Waals surface area contributed by atoms with Gasteiger partial charge in [0.15, 0.2) is 0 Å². The molecule has 1 aliphatic heterocycles. The number of ether oxygens (including phenoxy) is 1. The van der Waals surface area contributed by atoms with Crippen LogP contribution >= 0.6 is 0 Å². The predicted molar refractivity (Wildman–Crippen MR) is 75.0 cm³/mol. The van der Waals surface area contributed by atoms with Crippen molar-refractivity contribution in [1.82, 2.24) is 10.3 Å². The fourth-order valence-corrected chi connectivity index (χ4v) is 2.51. The molecule has 2 heterocycles. The number of esters is 1. The monoisotopic (exact) mass is 270 g/mol. The van der Waals surface area contributed by atoms with E-state index in [1.807, 2.05) is 24.3 Å². The third kappa shape index (κ3) is 1.97. The predicted octanol–water partition coefficient (Wildman–Crippen LogP) is 1.40. The van der Waals surface area contributed by atoms with Crippen molar-refractivity contribution >= 4 is 28.4 Å². The molecule has 1 amide bonds. The molecule has 0 unspecified atom stereocenters. The van der Waals surface area contributed by atoms with Crippen LogP contribution in [-0.2, 0) is 20.7 Å². The number of carbonyl (C=O) groups is 2. The number of amides is 1. The minimum atomic E-state index is -0.540. The van der Waals surface area contributed by atoms with E-state index in [1.165, 1.54) is 13.2 Å². The third-order valence-electron chi connectivity index (χ3n) is 3.45. The Morgan fingerprint density at radius 2 is 2.15 bits per heavy atom. The smallest absolute Gasteiger partial charge is 0.331 e. The van der Waals surface area contributed by atoms with Crippen LogP contribution in [0.25, 0.3) is 16.5 Å². The van der Waals surface area contributed by atoms with Gasteiger partial charge in [-0.1, -0.05) is 18.2 Å². The first-order valence-electron chi connectivity index (χ1n) is 6.38. The van der Waals surface area contributed by atoms with Crippen molar-refractivity contribution in [3.63, 3.8) is 0 Å². The van der Waals surface area contributed by atoms with Crippen LogP contribution in [0.15, 0.2) is 30.3 Å². The molecule has 0 radical (unpaired) electrons. The van der Waals surface area contributed by atoms with Gasteiger partial charge >= 0.3 is 5.97 Å². The highest BCUT2D eigenvalue weighted by Gasteiger charge is 2.24. The zero-order chi connectivity index (χ0) is 14.1. The summed E-state index contributed by atoms with van der Waals surface area (Å²) in [5, 5.41) is 3.87. The second kappa shape index (κ2) is 4.85. The Morgan fingerprint density at radius 1 is 1.35 bits per heavy atom. The average molecular weight is 270 g/mol. The highest BCUT2D eigenvalue weighted by Crippen LogP contribution is 2.29. The second-order valence-corrected chi connectivity index (χ2v) is 4.61. The van der Waals surface area contributed by atoms with Gasteiger partial charge in [-0.25, -0.2) is 4.79 Å². The van der Waals surface area contributed by atoms with Crippen molar-refractivity contribution in [2.75, 3.05) is 13.7 Å². The highest BCUT2D eigenvalue weighted by molar-refractivity contribution is 6.24. The zero-order valence-electron chi connectivity index (χ0n) is 11.0. The van der Waals surface area contributed by atoms with Crippen LogP contribution < -0.4 is 5.32 Å². The van der Waals surface area contributed by atoms with Crippen LogP contribution in [0.3, 0.4) is 0 Å². The molecule has 2 N–H and O–H groups in total. The molecule has 0 atom stereocenters. The van der Waals surface area contributed by atoms with Gasteiger partial charge in [-0.15, -0.1) is 0 Å². The molecule has 0 fully saturated rings. The number of nitrogens with one attached hydrogen (secondary N) is 2. The minimum Gasteiger partial charge on any atom is -0.466 e. The molecule has 0 saturated heterocycles. The first-order chi connectivity index (χ1) is 9.70. The van der Waals surface area contributed by atoms with E-state index < -0.39 is 5.97 Å². The number of hydrogen-bond donors (Lipinski definition) is 2. The molecular formula is C15H14N2O3. The Labute approximate surface area is 115 Å². The molecule has 0 aliphatic carbocycles. The molecule has 2 aromatic rings. The minimum absolute atomic E-state index is 0.263. The Balaban J connectivity index is 2.24. The number of aromatic amines is 1. The summed E-state index contributed by atoms with van der Waals surface area (Å²) >= 11 is 0. The number of carbonyl (C=O) groups excluding carboxylic acids is 2. The van der Waals surface area contributed by atoms with E-state index >= 15 is 0 Å². The molecule has 3 rings (SSSR count). The number of H-pyrrole nitrogens is 1. The second-order valence-electron chi connectivity index (χ2n) is 4.61. The molecule has 1 aliphatic rings. The Kier molecular flexibility index (Phi) is 3.02. The average Bonchev–Trinajstić information content (AvgIpc) is 2.75. The number of fused-ring (bicyclic) bond motifs is 3. The van der Waals surface area contributed by atoms with Gasteiger partial charge in [0.2, 0.25) is 0 Å². The van der Waals surface area contributed by atoms with Crippen molar-refractivity contribution in [3.05, 3.63) is 41.6 Å². The molecule has 5 heteroatoms. The first-order valence-corrected chi connectivity index (χ1v) is 6.38. The maximum absolute atomic E-state index is 12.1. The maximum Gasteiger partial charge on any atom is 0.331 e. The summed E-state index contributed by atoms with van der Waals surface area (Å²) in [7, 11) is 1.29. The maximum atomic E-state index is 12.1. The van der Waals surface area contributed by atoms with Gasteiger partial charge in [-0.3, -0.25) is 4.79 Å². The Bertz CT molecular complexity index is 728. The van der Waals surface area contributed by atoms with Gasteiger partial charge < -0.3 is 15.0 Å². The van der Waals surface area contributed by atoms with E-state index in [-0.39, 0.29) is 5.91 Å². The third-order valence-corrected chi connectivity index (χ3v) is 3.45. The molecule has 20 heavy (non-hydrogen) atoms. The van der Waals surface area contributed by atoms with Crippen molar-refractivity contribution in [2.24, 2.45) is 0 Å². The van der Waals surface area contributed by atoms with E-state index in [2.05, 4.69) is 15.0 Å². The van der Waals surface area contributed by atoms with Crippen LogP contribution in [0.2, 0.25) is 0 Å². The van der Waals surface area contributed by atoms with E-state index in [4.69, 9.17) is 0 Å². The lowest BCUT2D eigenvalue weighted by Gasteiger charge is -2.03. The summed E-state index contributed by atoms with van der Waals surface area (Å²) in [6.45, 7) is 0.548. The lowest BCUT2D eigenvalue weighted by atomic mass is 10.0. The van der Waals surface area contributed by atoms with E-state index in [9.17, 15) is 9.59 Å². The quantitative estimate of drug-likeness (QED) is 0.607. The molecule has 0 spiro atoms. The van der Waals surface area contributed by atoms with Crippen molar-refractivity contribution in [2.45, 2.75) is 6.42 Å². The lowest BCUT2D eigenvalue weighted by Crippen LogP contribution is -2.24. The summed E-state index contributed by atoms with van der Waals surface area (Å²) in [4.78, 5) is 26.8. The summed E-state index contributed by atoms with van der Waals surface area (Å²) in [6, 6.07) is 7.86.